The molecule has 2 aromatic heterocycles. The van der Waals surface area contributed by atoms with E-state index in [-0.39, 0.29) is 5.56 Å². The van der Waals surface area contributed by atoms with E-state index < -0.39 is 0 Å². The second-order valence-corrected chi connectivity index (χ2v) is 4.38. The summed E-state index contributed by atoms with van der Waals surface area (Å²) in [6, 6.07) is 7.11. The maximum absolute atomic E-state index is 11.6. The number of ether oxygens (including phenoxy) is 1. The van der Waals surface area contributed by atoms with E-state index in [0.717, 1.165) is 5.69 Å². The van der Waals surface area contributed by atoms with Crippen molar-refractivity contribution in [2.75, 3.05) is 7.11 Å². The highest BCUT2D eigenvalue weighted by molar-refractivity contribution is 6.32. The molecule has 0 atom stereocenters. The third kappa shape index (κ3) is 1.88. The molecule has 0 unspecified atom stereocenters. The van der Waals surface area contributed by atoms with Gasteiger partial charge in [-0.1, -0.05) is 11.6 Å². The van der Waals surface area contributed by atoms with Gasteiger partial charge in [0, 0.05) is 12.3 Å². The van der Waals surface area contributed by atoms with Crippen molar-refractivity contribution in [1.29, 1.82) is 0 Å². The molecule has 0 spiro atoms. The van der Waals surface area contributed by atoms with Crippen LogP contribution in [0.1, 0.15) is 0 Å². The predicted molar refractivity (Wildman–Crippen MR) is 73.3 cm³/mol. The summed E-state index contributed by atoms with van der Waals surface area (Å²) in [6.45, 7) is 0. The van der Waals surface area contributed by atoms with Crippen LogP contribution in [0.4, 0.5) is 0 Å². The van der Waals surface area contributed by atoms with Gasteiger partial charge < -0.3 is 14.3 Å². The molecule has 96 valence electrons. The number of halogens is 1. The Kier molecular flexibility index (Phi) is 2.76. The number of nitrogens with one attached hydrogen (secondary N) is 1. The summed E-state index contributed by atoms with van der Waals surface area (Å²) in [5, 5.41) is 1.07. The number of aromatic amines is 1. The molecule has 0 fully saturated rings. The zero-order chi connectivity index (χ0) is 13.4. The lowest BCUT2D eigenvalue weighted by atomic mass is 10.3. The van der Waals surface area contributed by atoms with Gasteiger partial charge in [-0.2, -0.15) is 0 Å². The molecule has 0 saturated carbocycles. The van der Waals surface area contributed by atoms with E-state index in [2.05, 4.69) is 9.97 Å². The fourth-order valence-electron chi connectivity index (χ4n) is 1.97. The number of fused-ring (bicyclic) bond motifs is 1. The van der Waals surface area contributed by atoms with E-state index in [9.17, 15) is 4.79 Å². The molecule has 0 aliphatic heterocycles. The van der Waals surface area contributed by atoms with Crippen molar-refractivity contribution in [3.63, 3.8) is 0 Å². The smallest absolute Gasteiger partial charge is 0.260 e. The Morgan fingerprint density at radius 2 is 2.21 bits per heavy atom. The summed E-state index contributed by atoms with van der Waals surface area (Å²) in [5.74, 6) is 0.575. The van der Waals surface area contributed by atoms with Crippen LogP contribution in [0, 0.1) is 0 Å². The summed E-state index contributed by atoms with van der Waals surface area (Å²) in [7, 11) is 1.56. The first-order valence-corrected chi connectivity index (χ1v) is 5.97. The van der Waals surface area contributed by atoms with Crippen LogP contribution in [-0.4, -0.2) is 21.6 Å². The average Bonchev–Trinajstić information content (AvgIpc) is 2.85. The molecule has 0 bridgehead atoms. The van der Waals surface area contributed by atoms with Gasteiger partial charge in [0.1, 0.15) is 5.75 Å². The van der Waals surface area contributed by atoms with Crippen molar-refractivity contribution in [3.05, 3.63) is 52.2 Å². The van der Waals surface area contributed by atoms with Crippen molar-refractivity contribution < 1.29 is 4.74 Å². The van der Waals surface area contributed by atoms with Gasteiger partial charge >= 0.3 is 0 Å². The van der Waals surface area contributed by atoms with Gasteiger partial charge in [-0.15, -0.1) is 0 Å². The Labute approximate surface area is 113 Å². The van der Waals surface area contributed by atoms with Crippen molar-refractivity contribution in [1.82, 2.24) is 14.5 Å². The van der Waals surface area contributed by atoms with Gasteiger partial charge in [-0.3, -0.25) is 4.79 Å². The lowest BCUT2D eigenvalue weighted by molar-refractivity contribution is 0.415. The molecule has 0 amide bonds. The fourth-order valence-corrected chi connectivity index (χ4v) is 2.16. The van der Waals surface area contributed by atoms with E-state index in [1.54, 1.807) is 31.5 Å². The number of nitrogens with zero attached hydrogens (tertiary/aromatic N) is 2. The predicted octanol–water partition coefficient (Wildman–Crippen LogP) is 2.38. The minimum atomic E-state index is -0.162. The molecule has 2 heterocycles. The van der Waals surface area contributed by atoms with Gasteiger partial charge in [0.2, 0.25) is 0 Å². The Balaban J connectivity index is 2.25. The highest BCUT2D eigenvalue weighted by Gasteiger charge is 2.09. The van der Waals surface area contributed by atoms with Crippen LogP contribution in [0.5, 0.6) is 5.75 Å². The molecule has 0 radical (unpaired) electrons. The van der Waals surface area contributed by atoms with Crippen LogP contribution in [0.3, 0.4) is 0 Å². The van der Waals surface area contributed by atoms with Crippen molar-refractivity contribution >= 4 is 22.6 Å². The second-order valence-electron chi connectivity index (χ2n) is 3.97. The standard InChI is InChI=1S/C13H10ClN3O2/c1-19-11-6-8(2-3-10(11)14)17-5-4-9-12(17)15-7-16-13(9)18/h2-7H,1H3,(H,15,16,18). The highest BCUT2D eigenvalue weighted by atomic mass is 35.5. The van der Waals surface area contributed by atoms with Crippen LogP contribution in [0.2, 0.25) is 5.02 Å². The molecule has 19 heavy (non-hydrogen) atoms. The number of methoxy groups -OCH3 is 1. The molecule has 6 heteroatoms. The van der Waals surface area contributed by atoms with Crippen molar-refractivity contribution in [2.24, 2.45) is 0 Å². The average molecular weight is 276 g/mol. The Bertz CT molecular complexity index is 807. The zero-order valence-corrected chi connectivity index (χ0v) is 10.8. The van der Waals surface area contributed by atoms with Crippen LogP contribution >= 0.6 is 11.6 Å². The molecule has 3 rings (SSSR count). The molecule has 5 nitrogen and oxygen atoms in total. The Morgan fingerprint density at radius 3 is 3.00 bits per heavy atom. The number of hydrogen-bond donors (Lipinski definition) is 1. The first-order chi connectivity index (χ1) is 9.20. The zero-order valence-electron chi connectivity index (χ0n) is 10.1. The topological polar surface area (TPSA) is 59.9 Å². The fraction of sp³-hybridized carbons (Fsp3) is 0.0769. The van der Waals surface area contributed by atoms with Crippen molar-refractivity contribution in [3.8, 4) is 11.4 Å². The number of H-pyrrole nitrogens is 1. The molecule has 0 aliphatic rings. The van der Waals surface area contributed by atoms with E-state index >= 15 is 0 Å². The maximum Gasteiger partial charge on any atom is 0.260 e. The largest absolute Gasteiger partial charge is 0.495 e. The van der Waals surface area contributed by atoms with Crippen molar-refractivity contribution in [2.45, 2.75) is 0 Å². The number of benzene rings is 1. The summed E-state index contributed by atoms with van der Waals surface area (Å²) in [4.78, 5) is 18.4. The summed E-state index contributed by atoms with van der Waals surface area (Å²) in [6.07, 6.45) is 3.17. The monoisotopic (exact) mass is 275 g/mol. The van der Waals surface area contributed by atoms with Crippen LogP contribution in [0.25, 0.3) is 16.7 Å². The molecular formula is C13H10ClN3O2. The van der Waals surface area contributed by atoms with Gasteiger partial charge in [0.25, 0.3) is 5.56 Å². The molecule has 3 aromatic rings. The SMILES string of the molecule is COc1cc(-n2ccc3c(=O)[nH]cnc32)ccc1Cl. The van der Waals surface area contributed by atoms with E-state index in [4.69, 9.17) is 16.3 Å². The van der Waals surface area contributed by atoms with Gasteiger partial charge in [-0.05, 0) is 18.2 Å². The maximum atomic E-state index is 11.6. The number of rotatable bonds is 2. The van der Waals surface area contributed by atoms with E-state index in [0.29, 0.717) is 21.8 Å². The minimum Gasteiger partial charge on any atom is -0.495 e. The second kappa shape index (κ2) is 4.44. The first kappa shape index (κ1) is 11.8. The van der Waals surface area contributed by atoms with Crippen LogP contribution in [-0.2, 0) is 0 Å². The normalized spacial score (nSPS) is 10.8. The summed E-state index contributed by atoms with van der Waals surface area (Å²) in [5.41, 5.74) is 1.26. The Morgan fingerprint density at radius 1 is 1.37 bits per heavy atom. The van der Waals surface area contributed by atoms with Gasteiger partial charge in [0.05, 0.1) is 29.5 Å². The van der Waals surface area contributed by atoms with Gasteiger partial charge in [0.15, 0.2) is 5.65 Å². The van der Waals surface area contributed by atoms with Crippen LogP contribution < -0.4 is 10.3 Å². The highest BCUT2D eigenvalue weighted by Crippen LogP contribution is 2.27. The first-order valence-electron chi connectivity index (χ1n) is 5.59. The Hall–Kier alpha value is -2.27. The lowest BCUT2D eigenvalue weighted by Crippen LogP contribution is -2.06. The molecule has 0 aliphatic carbocycles. The van der Waals surface area contributed by atoms with Gasteiger partial charge in [-0.25, -0.2) is 4.98 Å². The summed E-state index contributed by atoms with van der Waals surface area (Å²) < 4.78 is 6.99. The quantitative estimate of drug-likeness (QED) is 0.781. The van der Waals surface area contributed by atoms with E-state index in [1.807, 2.05) is 10.6 Å². The number of hydrogen-bond acceptors (Lipinski definition) is 3. The third-order valence-electron chi connectivity index (χ3n) is 2.90. The van der Waals surface area contributed by atoms with Crippen LogP contribution in [0.15, 0.2) is 41.6 Å². The number of aromatic nitrogens is 3. The molecule has 0 saturated heterocycles. The lowest BCUT2D eigenvalue weighted by Gasteiger charge is -2.08. The molecule has 1 N–H and O–H groups in total. The minimum absolute atomic E-state index is 0.162. The van der Waals surface area contributed by atoms with E-state index in [1.165, 1.54) is 6.33 Å². The molecule has 1 aromatic carbocycles. The summed E-state index contributed by atoms with van der Waals surface area (Å²) >= 11 is 6.00. The third-order valence-corrected chi connectivity index (χ3v) is 3.21. The molecular weight excluding hydrogens is 266 g/mol.